The Kier molecular flexibility index (Phi) is 2.17. The van der Waals surface area contributed by atoms with Crippen molar-refractivity contribution in [1.82, 2.24) is 0 Å². The predicted molar refractivity (Wildman–Crippen MR) is 39.8 cm³/mol. The molecule has 0 bridgehead atoms. The first kappa shape index (κ1) is 8.51. The highest BCUT2D eigenvalue weighted by Crippen LogP contribution is 2.39. The van der Waals surface area contributed by atoms with Crippen LogP contribution < -0.4 is 0 Å². The highest BCUT2D eigenvalue weighted by Gasteiger charge is 2.47. The zero-order valence-electron chi connectivity index (χ0n) is 6.87. The summed E-state index contributed by atoms with van der Waals surface area (Å²) in [6.45, 7) is 1.74. The lowest BCUT2D eigenvalue weighted by Crippen LogP contribution is -2.52. The molecule has 1 fully saturated rings. The lowest BCUT2D eigenvalue weighted by atomic mass is 9.70. The Balaban J connectivity index is 2.44. The normalized spacial score (nSPS) is 38.9. The van der Waals surface area contributed by atoms with Crippen LogP contribution in [-0.2, 0) is 4.74 Å². The largest absolute Gasteiger partial charge is 0.388 e. The first-order valence-electron chi connectivity index (χ1n) is 3.77. The zero-order chi connectivity index (χ0) is 8.48. The maximum absolute atomic E-state index is 9.68. The molecule has 0 amide bonds. The van der Waals surface area contributed by atoms with E-state index in [1.54, 1.807) is 14.0 Å². The number of rotatable bonds is 2. The van der Waals surface area contributed by atoms with Crippen LogP contribution in [0.15, 0.2) is 0 Å². The Morgan fingerprint density at radius 1 is 1.73 bits per heavy atom. The minimum atomic E-state index is -0.782. The van der Waals surface area contributed by atoms with Crippen molar-refractivity contribution in [1.29, 1.82) is 5.26 Å². The lowest BCUT2D eigenvalue weighted by Gasteiger charge is -2.44. The van der Waals surface area contributed by atoms with Gasteiger partial charge in [0.15, 0.2) is 0 Å². The van der Waals surface area contributed by atoms with Gasteiger partial charge in [0.1, 0.15) is 0 Å². The molecule has 62 valence electrons. The number of nitriles is 1. The molecule has 0 spiro atoms. The van der Waals surface area contributed by atoms with Gasteiger partial charge in [0, 0.05) is 20.0 Å². The van der Waals surface area contributed by atoms with E-state index in [1.807, 2.05) is 6.07 Å². The van der Waals surface area contributed by atoms with Gasteiger partial charge in [-0.15, -0.1) is 0 Å². The summed E-state index contributed by atoms with van der Waals surface area (Å²) in [6.07, 6.45) is 1.34. The molecule has 1 saturated carbocycles. The highest BCUT2D eigenvalue weighted by atomic mass is 16.5. The molecular formula is C8H13NO2. The Hall–Kier alpha value is -0.590. The molecule has 1 rings (SSSR count). The smallest absolute Gasteiger partial charge is 0.0851 e. The molecule has 0 aromatic heterocycles. The van der Waals surface area contributed by atoms with Crippen molar-refractivity contribution >= 4 is 0 Å². The molecule has 3 heteroatoms. The summed E-state index contributed by atoms with van der Waals surface area (Å²) < 4.78 is 5.01. The molecule has 3 nitrogen and oxygen atoms in total. The van der Waals surface area contributed by atoms with Gasteiger partial charge in [0.2, 0.25) is 0 Å². The van der Waals surface area contributed by atoms with Gasteiger partial charge in [-0.1, -0.05) is 0 Å². The lowest BCUT2D eigenvalue weighted by molar-refractivity contribution is -0.144. The molecule has 0 heterocycles. The first-order valence-corrected chi connectivity index (χ1v) is 3.77. The molecule has 0 aromatic rings. The number of methoxy groups -OCH3 is 1. The number of nitrogens with zero attached hydrogens (tertiary/aromatic N) is 1. The Morgan fingerprint density at radius 2 is 2.27 bits per heavy atom. The van der Waals surface area contributed by atoms with Crippen molar-refractivity contribution in [3.63, 3.8) is 0 Å². The first-order chi connectivity index (χ1) is 5.12. The summed E-state index contributed by atoms with van der Waals surface area (Å²) in [5.74, 6) is -0.283. The average Bonchev–Trinajstić information content (AvgIpc) is 1.96. The predicted octanol–water partition coefficient (Wildman–Crippen LogP) is 0.686. The van der Waals surface area contributed by atoms with Gasteiger partial charge in [0.25, 0.3) is 0 Å². The van der Waals surface area contributed by atoms with Crippen LogP contribution in [0.5, 0.6) is 0 Å². The number of aliphatic hydroxyl groups is 1. The maximum Gasteiger partial charge on any atom is 0.0851 e. The van der Waals surface area contributed by atoms with Crippen LogP contribution in [-0.4, -0.2) is 23.9 Å². The van der Waals surface area contributed by atoms with Crippen LogP contribution in [0.2, 0.25) is 0 Å². The van der Waals surface area contributed by atoms with E-state index in [9.17, 15) is 5.11 Å². The fraction of sp³-hybridized carbons (Fsp3) is 0.875. The summed E-state index contributed by atoms with van der Waals surface area (Å²) in [7, 11) is 1.63. The fourth-order valence-corrected chi connectivity index (χ4v) is 1.37. The van der Waals surface area contributed by atoms with E-state index in [1.165, 1.54) is 0 Å². The van der Waals surface area contributed by atoms with Gasteiger partial charge in [-0.25, -0.2) is 0 Å². The topological polar surface area (TPSA) is 53.2 Å². The molecule has 1 unspecified atom stereocenters. The van der Waals surface area contributed by atoms with Gasteiger partial charge in [-0.2, -0.15) is 5.26 Å². The Morgan fingerprint density at radius 3 is 2.64 bits per heavy atom. The third kappa shape index (κ3) is 1.37. The molecule has 11 heavy (non-hydrogen) atoms. The highest BCUT2D eigenvalue weighted by molar-refractivity contribution is 5.05. The van der Waals surface area contributed by atoms with E-state index in [-0.39, 0.29) is 12.0 Å². The number of hydrogen-bond acceptors (Lipinski definition) is 3. The average molecular weight is 155 g/mol. The van der Waals surface area contributed by atoms with Crippen LogP contribution >= 0.6 is 0 Å². The minimum absolute atomic E-state index is 0.149. The second kappa shape index (κ2) is 2.80. The second-order valence-corrected chi connectivity index (χ2v) is 3.22. The summed E-state index contributed by atoms with van der Waals surface area (Å²) >= 11 is 0. The number of hydrogen-bond donors (Lipinski definition) is 1. The summed E-state index contributed by atoms with van der Waals surface area (Å²) in [6, 6.07) is 2.05. The fourth-order valence-electron chi connectivity index (χ4n) is 1.37. The third-order valence-corrected chi connectivity index (χ3v) is 2.50. The van der Waals surface area contributed by atoms with E-state index < -0.39 is 5.60 Å². The van der Waals surface area contributed by atoms with Gasteiger partial charge >= 0.3 is 0 Å². The van der Waals surface area contributed by atoms with Gasteiger partial charge < -0.3 is 9.84 Å². The van der Waals surface area contributed by atoms with Crippen LogP contribution in [0.25, 0.3) is 0 Å². The SMILES string of the molecule is COC1CC(O)(C(C)C#N)C1. The van der Waals surface area contributed by atoms with Crippen molar-refractivity contribution in [2.45, 2.75) is 31.5 Å². The minimum Gasteiger partial charge on any atom is -0.388 e. The molecule has 1 atom stereocenters. The standard InChI is InChI=1S/C8H13NO2/c1-6(5-9)8(10)3-7(4-8)11-2/h6-7,10H,3-4H2,1-2H3. The molecule has 0 saturated heterocycles. The summed E-state index contributed by atoms with van der Waals surface area (Å²) in [4.78, 5) is 0. The number of ether oxygens (including phenoxy) is 1. The van der Waals surface area contributed by atoms with Crippen molar-refractivity contribution in [2.75, 3.05) is 7.11 Å². The van der Waals surface area contributed by atoms with E-state index in [4.69, 9.17) is 10.00 Å². The molecule has 0 radical (unpaired) electrons. The molecule has 0 aromatic carbocycles. The van der Waals surface area contributed by atoms with Crippen molar-refractivity contribution in [2.24, 2.45) is 5.92 Å². The quantitative estimate of drug-likeness (QED) is 0.638. The molecule has 1 aliphatic rings. The van der Waals surface area contributed by atoms with Crippen LogP contribution in [0.4, 0.5) is 0 Å². The molecular weight excluding hydrogens is 142 g/mol. The van der Waals surface area contributed by atoms with Crippen LogP contribution in [0.3, 0.4) is 0 Å². The zero-order valence-corrected chi connectivity index (χ0v) is 6.87. The van der Waals surface area contributed by atoms with Crippen LogP contribution in [0.1, 0.15) is 19.8 Å². The van der Waals surface area contributed by atoms with Gasteiger partial charge in [0.05, 0.1) is 23.7 Å². The summed E-state index contributed by atoms with van der Waals surface area (Å²) in [5.41, 5.74) is -0.782. The van der Waals surface area contributed by atoms with E-state index in [0.717, 1.165) is 0 Å². The van der Waals surface area contributed by atoms with Crippen molar-refractivity contribution < 1.29 is 9.84 Å². The molecule has 1 aliphatic carbocycles. The molecule has 1 N–H and O–H groups in total. The van der Waals surface area contributed by atoms with Crippen LogP contribution in [0, 0.1) is 17.2 Å². The van der Waals surface area contributed by atoms with E-state index >= 15 is 0 Å². The Bertz CT molecular complexity index is 179. The van der Waals surface area contributed by atoms with Gasteiger partial charge in [-0.05, 0) is 6.92 Å². The van der Waals surface area contributed by atoms with Crippen molar-refractivity contribution in [3.05, 3.63) is 0 Å². The monoisotopic (exact) mass is 155 g/mol. The van der Waals surface area contributed by atoms with E-state index in [2.05, 4.69) is 0 Å². The third-order valence-electron chi connectivity index (χ3n) is 2.50. The van der Waals surface area contributed by atoms with Crippen molar-refractivity contribution in [3.8, 4) is 6.07 Å². The molecule has 0 aliphatic heterocycles. The van der Waals surface area contributed by atoms with E-state index in [0.29, 0.717) is 12.8 Å². The second-order valence-electron chi connectivity index (χ2n) is 3.22. The van der Waals surface area contributed by atoms with Gasteiger partial charge in [-0.3, -0.25) is 0 Å². The summed E-state index contributed by atoms with van der Waals surface area (Å²) in [5, 5.41) is 18.2. The maximum atomic E-state index is 9.68. The Labute approximate surface area is 66.6 Å².